The number of aromatic nitrogens is 2. The molecule has 0 radical (unpaired) electrons. The molecule has 0 aliphatic rings. The largest absolute Gasteiger partial charge is 0.319 e. The lowest BCUT2D eigenvalue weighted by Gasteiger charge is -2.11. The van der Waals surface area contributed by atoms with Crippen molar-refractivity contribution in [3.63, 3.8) is 0 Å². The van der Waals surface area contributed by atoms with Crippen LogP contribution in [0.2, 0.25) is 10.0 Å². The molecule has 1 N–H and O–H groups in total. The van der Waals surface area contributed by atoms with Gasteiger partial charge < -0.3 is 5.32 Å². The molecular formula is C17H13Cl2N3O2. The van der Waals surface area contributed by atoms with Crippen molar-refractivity contribution < 1.29 is 4.79 Å². The number of nitrogens with zero attached hydrogens (tertiary/aromatic N) is 2. The van der Waals surface area contributed by atoms with Gasteiger partial charge in [0.25, 0.3) is 5.91 Å². The zero-order valence-corrected chi connectivity index (χ0v) is 14.2. The molecule has 0 saturated heterocycles. The number of carbonyl (C=O) groups excluding carboxylic acids is 1. The molecule has 0 atom stereocenters. The number of benzene rings is 2. The van der Waals surface area contributed by atoms with Crippen molar-refractivity contribution in [2.75, 3.05) is 5.32 Å². The topological polar surface area (TPSA) is 64.0 Å². The number of amides is 1. The first-order valence-corrected chi connectivity index (χ1v) is 8.03. The van der Waals surface area contributed by atoms with Crippen molar-refractivity contribution in [3.8, 4) is 0 Å². The van der Waals surface area contributed by atoms with Crippen LogP contribution in [0, 0.1) is 0 Å². The summed E-state index contributed by atoms with van der Waals surface area (Å²) in [6, 6.07) is 11.7. The lowest BCUT2D eigenvalue weighted by molar-refractivity contribution is 0.101. The monoisotopic (exact) mass is 361 g/mol. The maximum absolute atomic E-state index is 12.6. The Morgan fingerprint density at radius 2 is 1.96 bits per heavy atom. The number of hydrogen-bond donors (Lipinski definition) is 1. The smallest absolute Gasteiger partial charge is 0.280 e. The molecule has 1 heterocycles. The van der Waals surface area contributed by atoms with Crippen molar-refractivity contribution in [2.45, 2.75) is 13.5 Å². The second-order valence-corrected chi connectivity index (χ2v) is 5.93. The summed E-state index contributed by atoms with van der Waals surface area (Å²) in [6.45, 7) is 2.42. The van der Waals surface area contributed by atoms with E-state index in [0.717, 1.165) is 0 Å². The van der Waals surface area contributed by atoms with Crippen LogP contribution in [-0.4, -0.2) is 15.7 Å². The van der Waals surface area contributed by atoms with E-state index in [1.807, 2.05) is 13.0 Å². The second-order valence-electron chi connectivity index (χ2n) is 5.09. The fourth-order valence-electron chi connectivity index (χ4n) is 2.40. The fourth-order valence-corrected chi connectivity index (χ4v) is 2.74. The van der Waals surface area contributed by atoms with Gasteiger partial charge in [0.2, 0.25) is 5.43 Å². The van der Waals surface area contributed by atoms with Crippen LogP contribution in [0.4, 0.5) is 5.69 Å². The Morgan fingerprint density at radius 1 is 1.21 bits per heavy atom. The van der Waals surface area contributed by atoms with E-state index in [9.17, 15) is 9.59 Å². The molecule has 0 spiro atoms. The predicted octanol–water partition coefficient (Wildman–Crippen LogP) is 3.98. The minimum Gasteiger partial charge on any atom is -0.319 e. The zero-order chi connectivity index (χ0) is 17.3. The lowest BCUT2D eigenvalue weighted by atomic mass is 10.2. The molecule has 3 rings (SSSR count). The average molecular weight is 362 g/mol. The van der Waals surface area contributed by atoms with Gasteiger partial charge in [-0.1, -0.05) is 35.3 Å². The Kier molecular flexibility index (Phi) is 4.55. The van der Waals surface area contributed by atoms with Crippen molar-refractivity contribution in [2.24, 2.45) is 0 Å². The van der Waals surface area contributed by atoms with Gasteiger partial charge >= 0.3 is 0 Å². The van der Waals surface area contributed by atoms with Crippen LogP contribution >= 0.6 is 23.2 Å². The maximum Gasteiger partial charge on any atom is 0.280 e. The number of anilines is 1. The molecule has 0 bridgehead atoms. The summed E-state index contributed by atoms with van der Waals surface area (Å²) in [5.74, 6) is -0.628. The van der Waals surface area contributed by atoms with Gasteiger partial charge in [0.05, 0.1) is 16.2 Å². The van der Waals surface area contributed by atoms with E-state index >= 15 is 0 Å². The van der Waals surface area contributed by atoms with Gasteiger partial charge in [-0.2, -0.15) is 5.10 Å². The number of aryl methyl sites for hydroxylation is 1. The Balaban J connectivity index is 2.09. The lowest BCUT2D eigenvalue weighted by Crippen LogP contribution is -2.27. The van der Waals surface area contributed by atoms with Crippen LogP contribution in [-0.2, 0) is 6.54 Å². The van der Waals surface area contributed by atoms with E-state index in [1.165, 1.54) is 6.07 Å². The van der Waals surface area contributed by atoms with Gasteiger partial charge in [-0.25, -0.2) is 0 Å². The van der Waals surface area contributed by atoms with E-state index in [4.69, 9.17) is 23.2 Å². The van der Waals surface area contributed by atoms with E-state index in [1.54, 1.807) is 35.0 Å². The molecular weight excluding hydrogens is 349 g/mol. The number of carbonyl (C=O) groups is 1. The summed E-state index contributed by atoms with van der Waals surface area (Å²) in [7, 11) is 0. The highest BCUT2D eigenvalue weighted by molar-refractivity contribution is 6.35. The molecule has 0 saturated carbocycles. The Labute approximate surface area is 147 Å². The molecule has 1 aromatic heterocycles. The number of para-hydroxylation sites is 1. The standard InChI is InChI=1S/C17H13Cl2N3O2/c1-2-22-14-6-4-3-5-11(14)16(23)15(21-22)17(24)20-13-9-10(18)7-8-12(13)19/h3-9H,2H2,1H3,(H,20,24). The van der Waals surface area contributed by atoms with E-state index < -0.39 is 11.3 Å². The average Bonchev–Trinajstić information content (AvgIpc) is 2.58. The molecule has 7 heteroatoms. The van der Waals surface area contributed by atoms with Crippen molar-refractivity contribution in [3.05, 3.63) is 68.4 Å². The van der Waals surface area contributed by atoms with Crippen LogP contribution in [0.3, 0.4) is 0 Å². The number of nitrogens with one attached hydrogen (secondary N) is 1. The highest BCUT2D eigenvalue weighted by Crippen LogP contribution is 2.25. The summed E-state index contributed by atoms with van der Waals surface area (Å²) in [6.07, 6.45) is 0. The summed E-state index contributed by atoms with van der Waals surface area (Å²) in [4.78, 5) is 25.1. The van der Waals surface area contributed by atoms with Gasteiger partial charge in [0, 0.05) is 17.0 Å². The summed E-state index contributed by atoms with van der Waals surface area (Å²) in [5, 5.41) is 7.96. The summed E-state index contributed by atoms with van der Waals surface area (Å²) >= 11 is 12.0. The Bertz CT molecular complexity index is 999. The number of rotatable bonds is 3. The maximum atomic E-state index is 12.6. The number of hydrogen-bond acceptors (Lipinski definition) is 3. The van der Waals surface area contributed by atoms with Crippen LogP contribution in [0.5, 0.6) is 0 Å². The molecule has 2 aromatic carbocycles. The number of fused-ring (bicyclic) bond motifs is 1. The highest BCUT2D eigenvalue weighted by atomic mass is 35.5. The highest BCUT2D eigenvalue weighted by Gasteiger charge is 2.18. The first-order chi connectivity index (χ1) is 11.5. The molecule has 0 aliphatic carbocycles. The number of halogens is 2. The molecule has 5 nitrogen and oxygen atoms in total. The zero-order valence-electron chi connectivity index (χ0n) is 12.7. The Hall–Kier alpha value is -2.37. The van der Waals surface area contributed by atoms with Gasteiger partial charge in [-0.15, -0.1) is 0 Å². The third-order valence-electron chi connectivity index (χ3n) is 3.55. The predicted molar refractivity (Wildman–Crippen MR) is 96.1 cm³/mol. The Morgan fingerprint density at radius 3 is 2.71 bits per heavy atom. The van der Waals surface area contributed by atoms with Crippen LogP contribution in [0.15, 0.2) is 47.3 Å². The van der Waals surface area contributed by atoms with E-state index in [2.05, 4.69) is 10.4 Å². The minimum atomic E-state index is -0.628. The third-order valence-corrected chi connectivity index (χ3v) is 4.12. The molecule has 24 heavy (non-hydrogen) atoms. The SMILES string of the molecule is CCn1nc(C(=O)Nc2cc(Cl)ccc2Cl)c(=O)c2ccccc21. The normalized spacial score (nSPS) is 10.8. The molecule has 0 fully saturated rings. The third kappa shape index (κ3) is 3.00. The molecule has 0 unspecified atom stereocenters. The van der Waals surface area contributed by atoms with Gasteiger partial charge in [-0.3, -0.25) is 14.3 Å². The molecule has 3 aromatic rings. The van der Waals surface area contributed by atoms with Crippen LogP contribution in [0.25, 0.3) is 10.9 Å². The quantitative estimate of drug-likeness (QED) is 0.767. The molecule has 1 amide bonds. The summed E-state index contributed by atoms with van der Waals surface area (Å²) in [5.41, 5.74) is 0.395. The van der Waals surface area contributed by atoms with E-state index in [0.29, 0.717) is 33.2 Å². The van der Waals surface area contributed by atoms with Gasteiger partial charge in [0.1, 0.15) is 0 Å². The summed E-state index contributed by atoms with van der Waals surface area (Å²) < 4.78 is 1.62. The molecule has 122 valence electrons. The van der Waals surface area contributed by atoms with Crippen molar-refractivity contribution in [1.29, 1.82) is 0 Å². The van der Waals surface area contributed by atoms with Gasteiger partial charge in [0.15, 0.2) is 5.69 Å². The first kappa shape index (κ1) is 16.5. The second kappa shape index (κ2) is 6.63. The van der Waals surface area contributed by atoms with Gasteiger partial charge in [-0.05, 0) is 37.3 Å². The fraction of sp³-hybridized carbons (Fsp3) is 0.118. The van der Waals surface area contributed by atoms with Crippen LogP contribution in [0.1, 0.15) is 17.4 Å². The minimum absolute atomic E-state index is 0.188. The first-order valence-electron chi connectivity index (χ1n) is 7.27. The van der Waals surface area contributed by atoms with Crippen molar-refractivity contribution in [1.82, 2.24) is 9.78 Å². The molecule has 0 aliphatic heterocycles. The van der Waals surface area contributed by atoms with E-state index in [-0.39, 0.29) is 5.69 Å². The van der Waals surface area contributed by atoms with Crippen molar-refractivity contribution >= 4 is 45.7 Å². The van der Waals surface area contributed by atoms with Crippen LogP contribution < -0.4 is 10.7 Å².